The average Bonchev–Trinajstić information content (AvgIpc) is 3.46. The normalized spacial score (nSPS) is 21.9. The number of nitrogens with two attached hydrogens (primary N) is 2. The van der Waals surface area contributed by atoms with Gasteiger partial charge in [0.15, 0.2) is 0 Å². The van der Waals surface area contributed by atoms with Crippen LogP contribution in [0.5, 0.6) is 11.9 Å². The smallest absolute Gasteiger partial charge is 0.418 e. The van der Waals surface area contributed by atoms with Gasteiger partial charge in [-0.1, -0.05) is 17.7 Å². The Kier molecular flexibility index (Phi) is 7.66. The first-order valence-electron chi connectivity index (χ1n) is 15.2. The van der Waals surface area contributed by atoms with Crippen molar-refractivity contribution in [1.82, 2.24) is 29.8 Å². The van der Waals surface area contributed by atoms with Gasteiger partial charge in [0.05, 0.1) is 40.1 Å². The molecule has 2 fully saturated rings. The van der Waals surface area contributed by atoms with Gasteiger partial charge in [0.1, 0.15) is 47.7 Å². The number of aromatic nitrogens is 5. The molecule has 4 aromatic rings. The predicted molar refractivity (Wildman–Crippen MR) is 168 cm³/mol. The number of alkyl halides is 4. The Balaban J connectivity index is 1.43. The number of aryl methyl sites for hydroxylation is 1. The zero-order valence-electron chi connectivity index (χ0n) is 25.6. The molecule has 4 aromatic heterocycles. The number of nitrogens with zero attached hydrogens (tertiary/aromatic N) is 7. The summed E-state index contributed by atoms with van der Waals surface area (Å²) in [5, 5.41) is 0.104. The van der Waals surface area contributed by atoms with Crippen LogP contribution in [0.3, 0.4) is 0 Å². The van der Waals surface area contributed by atoms with Crippen LogP contribution in [-0.2, 0) is 6.18 Å². The molecule has 0 saturated carbocycles. The molecule has 3 atom stereocenters. The SMILES string of the molecule is Cc1nc(N)cc(-c2nc3c4c(nc(OC[C@@]56CCCN5C[C@H](F)C6)nc4c2Cl)N([C@H](C)c2cccnc2N)CCO3)c1C(F)(F)F. The molecule has 4 N–H and O–H groups in total. The Labute approximate surface area is 272 Å². The molecule has 3 aliphatic rings. The fourth-order valence-corrected chi connectivity index (χ4v) is 7.50. The van der Waals surface area contributed by atoms with Gasteiger partial charge in [0.2, 0.25) is 5.88 Å². The minimum atomic E-state index is -4.79. The maximum Gasteiger partial charge on any atom is 0.418 e. The summed E-state index contributed by atoms with van der Waals surface area (Å²) in [6.45, 7) is 4.76. The molecule has 47 heavy (non-hydrogen) atoms. The van der Waals surface area contributed by atoms with Crippen LogP contribution in [0.2, 0.25) is 5.02 Å². The molecule has 0 spiro atoms. The minimum absolute atomic E-state index is 0.00686. The van der Waals surface area contributed by atoms with E-state index in [0.29, 0.717) is 31.1 Å². The lowest BCUT2D eigenvalue weighted by atomic mass is 9.95. The van der Waals surface area contributed by atoms with Crippen LogP contribution >= 0.6 is 11.6 Å². The van der Waals surface area contributed by atoms with Crippen LogP contribution in [0.15, 0.2) is 24.4 Å². The number of nitrogen functional groups attached to an aromatic ring is 2. The average molecular weight is 674 g/mol. The third-order valence-corrected chi connectivity index (χ3v) is 9.69. The van der Waals surface area contributed by atoms with Crippen molar-refractivity contribution in [3.05, 3.63) is 46.2 Å². The summed E-state index contributed by atoms with van der Waals surface area (Å²) in [5.74, 6) is 0.519. The highest BCUT2D eigenvalue weighted by atomic mass is 35.5. The second-order valence-corrected chi connectivity index (χ2v) is 12.6. The Morgan fingerprint density at radius 3 is 2.77 bits per heavy atom. The van der Waals surface area contributed by atoms with Crippen molar-refractivity contribution in [1.29, 1.82) is 0 Å². The number of hydrogen-bond acceptors (Lipinski definition) is 11. The molecule has 7 heterocycles. The largest absolute Gasteiger partial charge is 0.475 e. The Bertz CT molecular complexity index is 1880. The fourth-order valence-electron chi connectivity index (χ4n) is 7.22. The van der Waals surface area contributed by atoms with Gasteiger partial charge in [-0.05, 0) is 45.4 Å². The number of fused-ring (bicyclic) bond motifs is 1. The summed E-state index contributed by atoms with van der Waals surface area (Å²) >= 11 is 6.96. The van der Waals surface area contributed by atoms with Crippen LogP contribution in [0.1, 0.15) is 49.0 Å². The highest BCUT2D eigenvalue weighted by Crippen LogP contribution is 2.47. The van der Waals surface area contributed by atoms with E-state index in [0.717, 1.165) is 31.0 Å². The second kappa shape index (κ2) is 11.5. The number of pyridine rings is 3. The zero-order valence-corrected chi connectivity index (χ0v) is 26.4. The van der Waals surface area contributed by atoms with Crippen molar-refractivity contribution < 1.29 is 27.0 Å². The van der Waals surface area contributed by atoms with Crippen molar-refractivity contribution in [2.24, 2.45) is 0 Å². The summed E-state index contributed by atoms with van der Waals surface area (Å²) in [6, 6.07) is 4.25. The lowest BCUT2D eigenvalue weighted by molar-refractivity contribution is -0.137. The van der Waals surface area contributed by atoms with E-state index < -0.39 is 23.5 Å². The van der Waals surface area contributed by atoms with Gasteiger partial charge in [-0.25, -0.2) is 19.3 Å². The van der Waals surface area contributed by atoms with E-state index in [1.807, 2.05) is 17.9 Å². The predicted octanol–water partition coefficient (Wildman–Crippen LogP) is 5.54. The van der Waals surface area contributed by atoms with E-state index in [1.165, 1.54) is 6.92 Å². The highest BCUT2D eigenvalue weighted by molar-refractivity contribution is 6.38. The number of ether oxygens (including phenoxy) is 2. The fraction of sp³-hybridized carbons (Fsp3) is 0.452. The first-order chi connectivity index (χ1) is 22.4. The molecule has 3 aliphatic heterocycles. The van der Waals surface area contributed by atoms with E-state index in [4.69, 9.17) is 37.5 Å². The lowest BCUT2D eigenvalue weighted by Crippen LogP contribution is -2.43. The molecular formula is C31H32ClF4N9O2. The highest BCUT2D eigenvalue weighted by Gasteiger charge is 2.49. The maximum absolute atomic E-state index is 14.5. The van der Waals surface area contributed by atoms with Gasteiger partial charge in [0.25, 0.3) is 0 Å². The standard InChI is InChI=1S/C31H32ClF4N9O2/c1-15-22(31(34,35)36)19(11-20(37)40-15)24-23(32)25-21-27(43-29(42-25)47-14-30-6-4-8-44(30)13-17(33)12-30)45(9-10-46-28(21)41-24)16(2)18-5-3-7-39-26(18)38/h3,5,7,11,16-17H,4,6,8-10,12-14H2,1-2H3,(H2,37,40)(H2,38,39)/t16-,17-,30+/m1/s1. The number of hydrogen-bond donors (Lipinski definition) is 2. The van der Waals surface area contributed by atoms with E-state index in [1.54, 1.807) is 12.3 Å². The van der Waals surface area contributed by atoms with Crippen LogP contribution in [0.4, 0.5) is 35.0 Å². The van der Waals surface area contributed by atoms with Gasteiger partial charge in [-0.2, -0.15) is 23.1 Å². The third-order valence-electron chi connectivity index (χ3n) is 9.33. The topological polar surface area (TPSA) is 141 Å². The van der Waals surface area contributed by atoms with E-state index in [2.05, 4.69) is 24.8 Å². The van der Waals surface area contributed by atoms with Crippen molar-refractivity contribution in [2.45, 2.75) is 57.0 Å². The summed E-state index contributed by atoms with van der Waals surface area (Å²) in [4.78, 5) is 26.0. The van der Waals surface area contributed by atoms with Crippen LogP contribution in [0, 0.1) is 6.92 Å². The molecule has 0 aliphatic carbocycles. The maximum atomic E-state index is 14.5. The molecule has 0 amide bonds. The molecule has 11 nitrogen and oxygen atoms in total. The molecule has 0 radical (unpaired) electrons. The Morgan fingerprint density at radius 1 is 1.19 bits per heavy atom. The first-order valence-corrected chi connectivity index (χ1v) is 15.6. The Hall–Kier alpha value is -4.24. The summed E-state index contributed by atoms with van der Waals surface area (Å²) in [5.41, 5.74) is 10.5. The number of anilines is 3. The van der Waals surface area contributed by atoms with Gasteiger partial charge >= 0.3 is 12.2 Å². The van der Waals surface area contributed by atoms with Gasteiger partial charge in [0, 0.05) is 30.3 Å². The minimum Gasteiger partial charge on any atom is -0.475 e. The van der Waals surface area contributed by atoms with Crippen LogP contribution < -0.4 is 25.8 Å². The van der Waals surface area contributed by atoms with E-state index in [-0.39, 0.29) is 69.8 Å². The Morgan fingerprint density at radius 2 is 2.00 bits per heavy atom. The van der Waals surface area contributed by atoms with Crippen molar-refractivity contribution in [2.75, 3.05) is 49.2 Å². The molecule has 248 valence electrons. The molecule has 0 bridgehead atoms. The van der Waals surface area contributed by atoms with Crippen LogP contribution in [-0.4, -0.2) is 74.4 Å². The van der Waals surface area contributed by atoms with Crippen molar-refractivity contribution in [3.63, 3.8) is 0 Å². The van der Waals surface area contributed by atoms with E-state index in [9.17, 15) is 17.6 Å². The molecule has 0 unspecified atom stereocenters. The quantitative estimate of drug-likeness (QED) is 0.249. The summed E-state index contributed by atoms with van der Waals surface area (Å²) in [7, 11) is 0. The van der Waals surface area contributed by atoms with Crippen molar-refractivity contribution >= 4 is 40.0 Å². The van der Waals surface area contributed by atoms with Gasteiger partial charge in [-0.3, -0.25) is 4.90 Å². The van der Waals surface area contributed by atoms with E-state index >= 15 is 0 Å². The second-order valence-electron chi connectivity index (χ2n) is 12.2. The lowest BCUT2D eigenvalue weighted by Gasteiger charge is -2.32. The van der Waals surface area contributed by atoms with Crippen molar-refractivity contribution in [3.8, 4) is 23.1 Å². The van der Waals surface area contributed by atoms with Gasteiger partial charge in [-0.15, -0.1) is 0 Å². The third kappa shape index (κ3) is 5.38. The number of rotatable bonds is 6. The van der Waals surface area contributed by atoms with Gasteiger partial charge < -0.3 is 25.8 Å². The summed E-state index contributed by atoms with van der Waals surface area (Å²) < 4.78 is 70.0. The zero-order chi connectivity index (χ0) is 33.2. The number of halogens is 5. The monoisotopic (exact) mass is 673 g/mol. The molecule has 7 rings (SSSR count). The molecule has 0 aromatic carbocycles. The van der Waals surface area contributed by atoms with Crippen LogP contribution in [0.25, 0.3) is 22.2 Å². The molecular weight excluding hydrogens is 642 g/mol. The molecule has 16 heteroatoms. The summed E-state index contributed by atoms with van der Waals surface area (Å²) in [6.07, 6.45) is -2.18. The first kappa shape index (κ1) is 31.4. The molecule has 2 saturated heterocycles.